The number of halogens is 2. The number of sulfonamides is 1. The van der Waals surface area contributed by atoms with Gasteiger partial charge in [0.15, 0.2) is 5.03 Å². The minimum absolute atomic E-state index is 0.0287. The predicted molar refractivity (Wildman–Crippen MR) is 68.1 cm³/mol. The first-order chi connectivity index (χ1) is 7.74. The minimum Gasteiger partial charge on any atom is -0.337 e. The summed E-state index contributed by atoms with van der Waals surface area (Å²) in [5, 5.41) is -0.0287. The van der Waals surface area contributed by atoms with Crippen molar-refractivity contribution < 1.29 is 8.42 Å². The molecular weight excluding hydrogens is 285 g/mol. The van der Waals surface area contributed by atoms with E-state index >= 15 is 0 Å². The van der Waals surface area contributed by atoms with E-state index in [-0.39, 0.29) is 16.8 Å². The first-order valence-electron chi connectivity index (χ1n) is 4.90. The van der Waals surface area contributed by atoms with Crippen LogP contribution in [0.2, 0.25) is 0 Å². The van der Waals surface area contributed by atoms with E-state index in [9.17, 15) is 8.42 Å². The Kier molecular flexibility index (Phi) is 4.46. The molecule has 0 amide bonds. The van der Waals surface area contributed by atoms with Crippen LogP contribution in [-0.2, 0) is 17.1 Å². The van der Waals surface area contributed by atoms with Gasteiger partial charge in [-0.25, -0.2) is 18.1 Å². The van der Waals surface area contributed by atoms with Gasteiger partial charge in [-0.15, -0.1) is 23.2 Å². The number of imidazole rings is 1. The molecule has 1 aromatic heterocycles. The summed E-state index contributed by atoms with van der Waals surface area (Å²) in [4.78, 5) is 3.96. The van der Waals surface area contributed by atoms with Gasteiger partial charge in [-0.05, 0) is 13.8 Å². The summed E-state index contributed by atoms with van der Waals surface area (Å²) in [6.45, 7) is 3.36. The normalized spacial score (nSPS) is 13.0. The fourth-order valence-corrected chi connectivity index (χ4v) is 3.15. The van der Waals surface area contributed by atoms with E-state index < -0.39 is 15.6 Å². The number of aryl methyl sites for hydroxylation is 2. The molecule has 0 radical (unpaired) electrons. The van der Waals surface area contributed by atoms with Crippen LogP contribution in [0.15, 0.2) is 11.2 Å². The number of nitrogens with one attached hydrogen (secondary N) is 1. The summed E-state index contributed by atoms with van der Waals surface area (Å²) in [7, 11) is -1.97. The fraction of sp³-hybridized carbons (Fsp3) is 0.667. The van der Waals surface area contributed by atoms with E-state index in [1.54, 1.807) is 25.5 Å². The Morgan fingerprint density at radius 2 is 2.00 bits per heavy atom. The van der Waals surface area contributed by atoms with Crippen LogP contribution >= 0.6 is 23.2 Å². The summed E-state index contributed by atoms with van der Waals surface area (Å²) < 4.78 is 28.1. The molecular formula is C9H15Cl2N3O2S. The number of nitrogens with zero attached hydrogens (tertiary/aromatic N) is 2. The zero-order valence-corrected chi connectivity index (χ0v) is 12.2. The average Bonchev–Trinajstić information content (AvgIpc) is 2.59. The topological polar surface area (TPSA) is 64.0 Å². The second kappa shape index (κ2) is 5.14. The number of rotatable bonds is 5. The molecule has 5 nitrogen and oxygen atoms in total. The maximum absolute atomic E-state index is 12.0. The molecule has 1 aromatic rings. The van der Waals surface area contributed by atoms with Crippen molar-refractivity contribution in [2.75, 3.05) is 11.8 Å². The minimum atomic E-state index is -3.69. The molecule has 8 heteroatoms. The maximum atomic E-state index is 12.0. The second-order valence-corrected chi connectivity index (χ2v) is 6.33. The van der Waals surface area contributed by atoms with Crippen molar-refractivity contribution in [3.63, 3.8) is 0 Å². The second-order valence-electron chi connectivity index (χ2n) is 4.17. The lowest BCUT2D eigenvalue weighted by Gasteiger charge is -2.24. The van der Waals surface area contributed by atoms with E-state index in [0.29, 0.717) is 5.82 Å². The van der Waals surface area contributed by atoms with E-state index in [1.807, 2.05) is 0 Å². The van der Waals surface area contributed by atoms with Crippen molar-refractivity contribution in [2.45, 2.75) is 24.4 Å². The third-order valence-electron chi connectivity index (χ3n) is 2.33. The summed E-state index contributed by atoms with van der Waals surface area (Å²) in [6, 6.07) is 0. The molecule has 0 spiro atoms. The van der Waals surface area contributed by atoms with E-state index in [4.69, 9.17) is 23.2 Å². The number of hydrogen-bond donors (Lipinski definition) is 1. The monoisotopic (exact) mass is 299 g/mol. The molecule has 0 saturated carbocycles. The molecule has 0 atom stereocenters. The molecule has 1 heterocycles. The summed E-state index contributed by atoms with van der Waals surface area (Å²) in [6.07, 6.45) is 1.44. The van der Waals surface area contributed by atoms with Crippen LogP contribution in [0.5, 0.6) is 0 Å². The molecule has 0 bridgehead atoms. The van der Waals surface area contributed by atoms with Crippen molar-refractivity contribution in [3.05, 3.63) is 12.0 Å². The first-order valence-corrected chi connectivity index (χ1v) is 7.45. The van der Waals surface area contributed by atoms with Gasteiger partial charge < -0.3 is 4.57 Å². The van der Waals surface area contributed by atoms with Crippen LogP contribution < -0.4 is 4.72 Å². The van der Waals surface area contributed by atoms with E-state index in [2.05, 4.69) is 9.71 Å². The Bertz CT molecular complexity index is 475. The Labute approximate surface area is 111 Å². The van der Waals surface area contributed by atoms with Gasteiger partial charge >= 0.3 is 0 Å². The van der Waals surface area contributed by atoms with E-state index in [1.165, 1.54) is 6.20 Å². The maximum Gasteiger partial charge on any atom is 0.260 e. The lowest BCUT2D eigenvalue weighted by molar-refractivity contribution is 0.498. The largest absolute Gasteiger partial charge is 0.337 e. The van der Waals surface area contributed by atoms with Crippen LogP contribution in [0.4, 0.5) is 0 Å². The van der Waals surface area contributed by atoms with Gasteiger partial charge in [0.2, 0.25) is 0 Å². The molecule has 0 unspecified atom stereocenters. The molecule has 0 fully saturated rings. The average molecular weight is 300 g/mol. The van der Waals surface area contributed by atoms with Crippen molar-refractivity contribution >= 4 is 33.2 Å². The highest BCUT2D eigenvalue weighted by Crippen LogP contribution is 2.15. The number of aromatic nitrogens is 2. The highest BCUT2D eigenvalue weighted by Gasteiger charge is 2.30. The van der Waals surface area contributed by atoms with Gasteiger partial charge in [0, 0.05) is 25.0 Å². The zero-order valence-electron chi connectivity index (χ0n) is 9.87. The van der Waals surface area contributed by atoms with Gasteiger partial charge in [0.1, 0.15) is 5.82 Å². The van der Waals surface area contributed by atoms with Crippen LogP contribution in [-0.4, -0.2) is 35.3 Å². The summed E-state index contributed by atoms with van der Waals surface area (Å²) >= 11 is 11.4. The number of hydrogen-bond acceptors (Lipinski definition) is 3. The van der Waals surface area contributed by atoms with Crippen LogP contribution in [0, 0.1) is 6.92 Å². The van der Waals surface area contributed by atoms with Gasteiger partial charge in [-0.2, -0.15) is 0 Å². The van der Waals surface area contributed by atoms with Crippen LogP contribution in [0.3, 0.4) is 0 Å². The van der Waals surface area contributed by atoms with Crippen LogP contribution in [0.25, 0.3) is 0 Å². The Morgan fingerprint density at radius 3 is 2.35 bits per heavy atom. The zero-order chi connectivity index (χ0) is 13.3. The predicted octanol–water partition coefficient (Wildman–Crippen LogP) is 1.24. The molecule has 0 aliphatic heterocycles. The summed E-state index contributed by atoms with van der Waals surface area (Å²) in [5.41, 5.74) is -0.882. The van der Waals surface area contributed by atoms with E-state index in [0.717, 1.165) is 0 Å². The van der Waals surface area contributed by atoms with Crippen molar-refractivity contribution in [2.24, 2.45) is 7.05 Å². The molecule has 17 heavy (non-hydrogen) atoms. The van der Waals surface area contributed by atoms with Crippen molar-refractivity contribution in [3.8, 4) is 0 Å². The highest BCUT2D eigenvalue weighted by atomic mass is 35.5. The number of alkyl halides is 2. The van der Waals surface area contributed by atoms with Crippen molar-refractivity contribution in [1.29, 1.82) is 0 Å². The quantitative estimate of drug-likeness (QED) is 0.832. The fourth-order valence-electron chi connectivity index (χ4n) is 1.12. The van der Waals surface area contributed by atoms with Gasteiger partial charge in [0.05, 0.1) is 5.54 Å². The third-order valence-corrected chi connectivity index (χ3v) is 5.02. The van der Waals surface area contributed by atoms with Crippen LogP contribution in [0.1, 0.15) is 12.7 Å². The SMILES string of the molecule is Cc1nc(S(=O)(=O)NC(C)(CCl)CCl)cn1C. The molecule has 0 aliphatic carbocycles. The Hall–Kier alpha value is -0.300. The standard InChI is InChI=1S/C9H15Cl2N3O2S/c1-7-12-8(4-14(7)3)17(15,16)13-9(2,5-10)6-11/h4,13H,5-6H2,1-3H3. The lowest BCUT2D eigenvalue weighted by atomic mass is 10.1. The van der Waals surface area contributed by atoms with Crippen molar-refractivity contribution in [1.82, 2.24) is 14.3 Å². The van der Waals surface area contributed by atoms with Gasteiger partial charge in [-0.3, -0.25) is 0 Å². The Balaban J connectivity index is 3.04. The molecule has 0 saturated heterocycles. The molecule has 0 aliphatic rings. The first kappa shape index (κ1) is 14.8. The van der Waals surface area contributed by atoms with Gasteiger partial charge in [-0.1, -0.05) is 0 Å². The molecule has 1 N–H and O–H groups in total. The molecule has 0 aromatic carbocycles. The van der Waals surface area contributed by atoms with Gasteiger partial charge in [0.25, 0.3) is 10.0 Å². The molecule has 98 valence electrons. The lowest BCUT2D eigenvalue weighted by Crippen LogP contribution is -2.49. The smallest absolute Gasteiger partial charge is 0.260 e. The Morgan fingerprint density at radius 1 is 1.47 bits per heavy atom. The third kappa shape index (κ3) is 3.34. The highest BCUT2D eigenvalue weighted by molar-refractivity contribution is 7.89. The molecule has 1 rings (SSSR count). The summed E-state index contributed by atoms with van der Waals surface area (Å²) in [5.74, 6) is 0.784.